The Hall–Kier alpha value is -3.29. The van der Waals surface area contributed by atoms with E-state index in [-0.39, 0.29) is 0 Å². The van der Waals surface area contributed by atoms with Gasteiger partial charge < -0.3 is 10.6 Å². The van der Waals surface area contributed by atoms with Crippen molar-refractivity contribution in [3.63, 3.8) is 0 Å². The summed E-state index contributed by atoms with van der Waals surface area (Å²) in [5, 5.41) is 10.4. The lowest BCUT2D eigenvalue weighted by atomic mass is 9.96. The molecule has 0 radical (unpaired) electrons. The van der Waals surface area contributed by atoms with E-state index in [4.69, 9.17) is 0 Å². The Labute approximate surface area is 186 Å². The molecule has 1 aliphatic carbocycles. The first-order chi connectivity index (χ1) is 15.4. The smallest absolute Gasteiger partial charge is 0.255 e. The van der Waals surface area contributed by atoms with Gasteiger partial charge in [-0.15, -0.1) is 0 Å². The first kappa shape index (κ1) is 21.9. The van der Waals surface area contributed by atoms with Crippen LogP contribution in [-0.2, 0) is 0 Å². The third kappa shape index (κ3) is 4.79. The number of halogens is 2. The van der Waals surface area contributed by atoms with E-state index >= 15 is 0 Å². The van der Waals surface area contributed by atoms with Gasteiger partial charge in [0.05, 0.1) is 24.0 Å². The van der Waals surface area contributed by atoms with Crippen molar-refractivity contribution >= 4 is 22.7 Å². The number of pyridine rings is 1. The number of aryl methyl sites for hydroxylation is 1. The summed E-state index contributed by atoms with van der Waals surface area (Å²) in [7, 11) is 0. The van der Waals surface area contributed by atoms with Crippen LogP contribution in [0.1, 0.15) is 54.5 Å². The number of nitrogens with one attached hydrogen (secondary N) is 2. The second-order valence-corrected chi connectivity index (χ2v) is 8.20. The molecule has 2 N–H and O–H groups in total. The molecule has 6 nitrogen and oxygen atoms in total. The van der Waals surface area contributed by atoms with Crippen LogP contribution in [0.25, 0.3) is 16.8 Å². The summed E-state index contributed by atoms with van der Waals surface area (Å²) < 4.78 is 26.8. The van der Waals surface area contributed by atoms with Gasteiger partial charge in [0, 0.05) is 35.3 Å². The molecule has 3 aromatic rings. The van der Waals surface area contributed by atoms with E-state index in [0.29, 0.717) is 23.3 Å². The SMILES string of the molecule is C=C(c1ccn2ncc(C(=C)NCC(F)F)c2c1)c1cnc(NC2CCCCC2)nc1C. The fourth-order valence-corrected chi connectivity index (χ4v) is 4.11. The maximum absolute atomic E-state index is 12.6. The average molecular weight is 439 g/mol. The van der Waals surface area contributed by atoms with Crippen molar-refractivity contribution in [3.8, 4) is 0 Å². The minimum Gasteiger partial charge on any atom is -0.379 e. The minimum atomic E-state index is -2.46. The van der Waals surface area contributed by atoms with Gasteiger partial charge in [0.2, 0.25) is 5.95 Å². The highest BCUT2D eigenvalue weighted by Gasteiger charge is 2.16. The van der Waals surface area contributed by atoms with Crippen molar-refractivity contribution in [2.45, 2.75) is 51.5 Å². The zero-order valence-electron chi connectivity index (χ0n) is 18.2. The lowest BCUT2D eigenvalue weighted by Gasteiger charge is -2.23. The van der Waals surface area contributed by atoms with Crippen LogP contribution in [0.4, 0.5) is 14.7 Å². The first-order valence-corrected chi connectivity index (χ1v) is 10.9. The lowest BCUT2D eigenvalue weighted by molar-refractivity contribution is 0.151. The van der Waals surface area contributed by atoms with Crippen molar-refractivity contribution in [1.82, 2.24) is 24.9 Å². The van der Waals surface area contributed by atoms with Crippen molar-refractivity contribution in [1.29, 1.82) is 0 Å². The Morgan fingerprint density at radius 2 is 1.97 bits per heavy atom. The Morgan fingerprint density at radius 1 is 1.19 bits per heavy atom. The number of hydrogen-bond donors (Lipinski definition) is 2. The molecular weight excluding hydrogens is 410 g/mol. The van der Waals surface area contributed by atoms with Crippen molar-refractivity contribution in [2.75, 3.05) is 11.9 Å². The number of hydrogen-bond acceptors (Lipinski definition) is 5. The molecule has 3 aromatic heterocycles. The quantitative estimate of drug-likeness (QED) is 0.514. The van der Waals surface area contributed by atoms with Gasteiger partial charge in [0.1, 0.15) is 0 Å². The van der Waals surface area contributed by atoms with Crippen molar-refractivity contribution in [3.05, 3.63) is 66.3 Å². The summed E-state index contributed by atoms with van der Waals surface area (Å²) in [5.74, 6) is 0.654. The van der Waals surface area contributed by atoms with Gasteiger partial charge in [-0.25, -0.2) is 23.3 Å². The van der Waals surface area contributed by atoms with Crippen LogP contribution in [0.15, 0.2) is 43.9 Å². The zero-order chi connectivity index (χ0) is 22.7. The monoisotopic (exact) mass is 438 g/mol. The molecule has 3 heterocycles. The molecule has 8 heteroatoms. The second-order valence-electron chi connectivity index (χ2n) is 8.20. The Morgan fingerprint density at radius 3 is 2.69 bits per heavy atom. The van der Waals surface area contributed by atoms with Gasteiger partial charge in [0.25, 0.3) is 6.43 Å². The van der Waals surface area contributed by atoms with E-state index in [1.54, 1.807) is 16.9 Å². The molecule has 168 valence electrons. The summed E-state index contributed by atoms with van der Waals surface area (Å²) in [5.41, 5.74) is 5.19. The highest BCUT2D eigenvalue weighted by Crippen LogP contribution is 2.27. The van der Waals surface area contributed by atoms with Crippen LogP contribution in [0, 0.1) is 6.92 Å². The highest BCUT2D eigenvalue weighted by molar-refractivity contribution is 5.83. The number of rotatable bonds is 8. The summed E-state index contributed by atoms with van der Waals surface area (Å²) in [6, 6.07) is 4.27. The molecule has 0 saturated heterocycles. The molecule has 1 saturated carbocycles. The fourth-order valence-electron chi connectivity index (χ4n) is 4.11. The topological polar surface area (TPSA) is 67.1 Å². The van der Waals surface area contributed by atoms with Crippen LogP contribution >= 0.6 is 0 Å². The van der Waals surface area contributed by atoms with Crippen LogP contribution in [0.5, 0.6) is 0 Å². The summed E-state index contributed by atoms with van der Waals surface area (Å²) >= 11 is 0. The van der Waals surface area contributed by atoms with E-state index in [0.717, 1.165) is 40.8 Å². The molecule has 4 rings (SSSR count). The number of nitrogens with zero attached hydrogens (tertiary/aromatic N) is 4. The maximum atomic E-state index is 12.6. The van der Waals surface area contributed by atoms with Crippen molar-refractivity contribution in [2.24, 2.45) is 0 Å². The normalized spacial score (nSPS) is 14.6. The molecule has 1 fully saturated rings. The molecule has 0 spiro atoms. The summed E-state index contributed by atoms with van der Waals surface area (Å²) in [6.07, 6.45) is 8.88. The van der Waals surface area contributed by atoms with Crippen LogP contribution in [-0.4, -0.2) is 38.6 Å². The van der Waals surface area contributed by atoms with E-state index in [1.807, 2.05) is 25.3 Å². The molecule has 1 aliphatic rings. The van der Waals surface area contributed by atoms with E-state index in [1.165, 1.54) is 19.3 Å². The Kier molecular flexibility index (Phi) is 6.48. The molecular formula is C24H28F2N6. The third-order valence-electron chi connectivity index (χ3n) is 5.91. The standard InChI is InChI=1S/C24H28F2N6/c1-15(20-12-28-24(30-17(20)3)31-19-7-5-4-6-8-19)18-9-10-32-22(11-18)21(13-29-32)16(2)27-14-23(25)26/h9-13,19,23,27H,1-2,4-8,14H2,3H3,(H,28,30,31). The number of aromatic nitrogens is 4. The largest absolute Gasteiger partial charge is 0.379 e. The van der Waals surface area contributed by atoms with Crippen LogP contribution in [0.2, 0.25) is 0 Å². The van der Waals surface area contributed by atoms with Crippen molar-refractivity contribution < 1.29 is 8.78 Å². The molecule has 0 aliphatic heterocycles. The molecule has 0 aromatic carbocycles. The lowest BCUT2D eigenvalue weighted by Crippen LogP contribution is -2.23. The predicted octanol–water partition coefficient (Wildman–Crippen LogP) is 5.06. The van der Waals surface area contributed by atoms with Crippen LogP contribution < -0.4 is 10.6 Å². The third-order valence-corrected chi connectivity index (χ3v) is 5.91. The van der Waals surface area contributed by atoms with Gasteiger partial charge in [-0.2, -0.15) is 5.10 Å². The number of fused-ring (bicyclic) bond motifs is 1. The highest BCUT2D eigenvalue weighted by atomic mass is 19.3. The Balaban J connectivity index is 1.55. The molecule has 0 atom stereocenters. The zero-order valence-corrected chi connectivity index (χ0v) is 18.2. The van der Waals surface area contributed by atoms with Gasteiger partial charge in [-0.1, -0.05) is 32.4 Å². The van der Waals surface area contributed by atoms with Gasteiger partial charge in [-0.3, -0.25) is 0 Å². The molecule has 0 bridgehead atoms. The van der Waals surface area contributed by atoms with E-state index in [9.17, 15) is 8.78 Å². The Bertz CT molecular complexity index is 1130. The molecule has 0 unspecified atom stereocenters. The second kappa shape index (κ2) is 9.46. The van der Waals surface area contributed by atoms with Crippen LogP contribution in [0.3, 0.4) is 0 Å². The molecule has 32 heavy (non-hydrogen) atoms. The first-order valence-electron chi connectivity index (χ1n) is 10.9. The maximum Gasteiger partial charge on any atom is 0.255 e. The molecule has 0 amide bonds. The average Bonchev–Trinajstić information content (AvgIpc) is 3.21. The van der Waals surface area contributed by atoms with E-state index < -0.39 is 13.0 Å². The minimum absolute atomic E-state index is 0.403. The van der Waals surface area contributed by atoms with Gasteiger partial charge >= 0.3 is 0 Å². The summed E-state index contributed by atoms with van der Waals surface area (Å²) in [6.45, 7) is 9.63. The number of alkyl halides is 2. The van der Waals surface area contributed by atoms with Gasteiger partial charge in [-0.05, 0) is 43.0 Å². The summed E-state index contributed by atoms with van der Waals surface area (Å²) in [4.78, 5) is 9.18. The van der Waals surface area contributed by atoms with Gasteiger partial charge in [0.15, 0.2) is 0 Å². The fraction of sp³-hybridized carbons (Fsp3) is 0.375. The number of anilines is 1. The predicted molar refractivity (Wildman–Crippen MR) is 124 cm³/mol. The van der Waals surface area contributed by atoms with E-state index in [2.05, 4.69) is 38.9 Å².